The Kier molecular flexibility index (Phi) is 3.55. The summed E-state index contributed by atoms with van der Waals surface area (Å²) in [6.45, 7) is 6.34. The molecule has 1 aromatic carbocycles. The van der Waals surface area contributed by atoms with Gasteiger partial charge in [0.15, 0.2) is 0 Å². The van der Waals surface area contributed by atoms with Crippen LogP contribution in [0.2, 0.25) is 0 Å². The number of nitrogens with zero attached hydrogens (tertiary/aromatic N) is 2. The zero-order valence-corrected chi connectivity index (χ0v) is 11.4. The Balaban J connectivity index is 2.58. The number of benzene rings is 1. The van der Waals surface area contributed by atoms with Gasteiger partial charge in [0.1, 0.15) is 0 Å². The van der Waals surface area contributed by atoms with Crippen LogP contribution in [0.5, 0.6) is 0 Å². The highest BCUT2D eigenvalue weighted by Gasteiger charge is 2.14. The van der Waals surface area contributed by atoms with Crippen LogP contribution in [0.25, 0.3) is 5.69 Å². The van der Waals surface area contributed by atoms with Crippen LogP contribution in [0.4, 0.5) is 5.69 Å². The molecule has 0 saturated heterocycles. The van der Waals surface area contributed by atoms with Gasteiger partial charge in [-0.2, -0.15) is 5.10 Å². The van der Waals surface area contributed by atoms with E-state index in [9.17, 15) is 4.79 Å². The second-order valence-corrected chi connectivity index (χ2v) is 4.47. The van der Waals surface area contributed by atoms with E-state index in [2.05, 4.69) is 10.4 Å². The summed E-state index contributed by atoms with van der Waals surface area (Å²) in [5.41, 5.74) is 9.58. The molecule has 5 heteroatoms. The number of aryl methyl sites for hydroxylation is 2. The molecule has 2 rings (SSSR count). The summed E-state index contributed by atoms with van der Waals surface area (Å²) in [5, 5.41) is 7.20. The lowest BCUT2D eigenvalue weighted by Gasteiger charge is -2.11. The number of aromatic nitrogens is 2. The highest BCUT2D eigenvalue weighted by molar-refractivity contribution is 5.98. The molecule has 2 aromatic rings. The van der Waals surface area contributed by atoms with Crippen LogP contribution in [0.3, 0.4) is 0 Å². The molecule has 0 saturated carbocycles. The van der Waals surface area contributed by atoms with Crippen molar-refractivity contribution >= 4 is 11.6 Å². The van der Waals surface area contributed by atoms with Crippen molar-refractivity contribution in [1.29, 1.82) is 0 Å². The Morgan fingerprint density at radius 2 is 2.11 bits per heavy atom. The molecule has 0 aliphatic rings. The number of nitrogen functional groups attached to an aromatic ring is 1. The van der Waals surface area contributed by atoms with E-state index in [0.717, 1.165) is 11.4 Å². The fourth-order valence-electron chi connectivity index (χ4n) is 2.04. The molecule has 5 nitrogen and oxygen atoms in total. The second-order valence-electron chi connectivity index (χ2n) is 4.47. The minimum Gasteiger partial charge on any atom is -0.399 e. The second kappa shape index (κ2) is 5.14. The lowest BCUT2D eigenvalue weighted by atomic mass is 10.1. The number of rotatable bonds is 3. The molecule has 19 heavy (non-hydrogen) atoms. The molecular weight excluding hydrogens is 240 g/mol. The SMILES string of the molecule is CCNC(=O)c1ccc(N)cc1-n1nc(C)cc1C. The molecule has 100 valence electrons. The number of hydrogen-bond donors (Lipinski definition) is 2. The first-order valence-corrected chi connectivity index (χ1v) is 6.24. The minimum atomic E-state index is -0.120. The standard InChI is InChI=1S/C14H18N4O/c1-4-16-14(19)12-6-5-11(15)8-13(12)18-10(3)7-9(2)17-18/h5-8H,4,15H2,1-3H3,(H,16,19). The Morgan fingerprint density at radius 1 is 1.37 bits per heavy atom. The Morgan fingerprint density at radius 3 is 2.68 bits per heavy atom. The number of carbonyl (C=O) groups is 1. The molecule has 0 atom stereocenters. The highest BCUT2D eigenvalue weighted by Crippen LogP contribution is 2.20. The molecule has 0 aliphatic carbocycles. The van der Waals surface area contributed by atoms with Gasteiger partial charge in [0.05, 0.1) is 16.9 Å². The van der Waals surface area contributed by atoms with E-state index < -0.39 is 0 Å². The van der Waals surface area contributed by atoms with Crippen molar-refractivity contribution in [2.45, 2.75) is 20.8 Å². The van der Waals surface area contributed by atoms with E-state index in [-0.39, 0.29) is 5.91 Å². The smallest absolute Gasteiger partial charge is 0.253 e. The lowest BCUT2D eigenvalue weighted by molar-refractivity contribution is 0.0955. The van der Waals surface area contributed by atoms with E-state index >= 15 is 0 Å². The van der Waals surface area contributed by atoms with Gasteiger partial charge < -0.3 is 11.1 Å². The average Bonchev–Trinajstić information content (AvgIpc) is 2.68. The number of hydrogen-bond acceptors (Lipinski definition) is 3. The van der Waals surface area contributed by atoms with Gasteiger partial charge in [0.2, 0.25) is 0 Å². The lowest BCUT2D eigenvalue weighted by Crippen LogP contribution is -2.24. The van der Waals surface area contributed by atoms with Crippen LogP contribution < -0.4 is 11.1 Å². The van der Waals surface area contributed by atoms with Crippen LogP contribution in [-0.4, -0.2) is 22.2 Å². The van der Waals surface area contributed by atoms with Crippen LogP contribution in [0, 0.1) is 13.8 Å². The maximum Gasteiger partial charge on any atom is 0.253 e. The number of nitrogens with one attached hydrogen (secondary N) is 1. The largest absolute Gasteiger partial charge is 0.399 e. The summed E-state index contributed by atoms with van der Waals surface area (Å²) in [4.78, 5) is 12.1. The van der Waals surface area contributed by atoms with Crippen molar-refractivity contribution in [2.75, 3.05) is 12.3 Å². The number of carbonyl (C=O) groups excluding carboxylic acids is 1. The van der Waals surface area contributed by atoms with Crippen LogP contribution >= 0.6 is 0 Å². The third-order valence-corrected chi connectivity index (χ3v) is 2.84. The predicted molar refractivity (Wildman–Crippen MR) is 75.5 cm³/mol. The van der Waals surface area contributed by atoms with E-state index in [0.29, 0.717) is 23.5 Å². The molecule has 1 aromatic heterocycles. The molecule has 0 radical (unpaired) electrons. The number of nitrogens with two attached hydrogens (primary N) is 1. The summed E-state index contributed by atoms with van der Waals surface area (Å²) < 4.78 is 1.75. The summed E-state index contributed by atoms with van der Waals surface area (Å²) in [6.07, 6.45) is 0. The van der Waals surface area contributed by atoms with Crippen molar-refractivity contribution in [1.82, 2.24) is 15.1 Å². The summed E-state index contributed by atoms with van der Waals surface area (Å²) in [7, 11) is 0. The Hall–Kier alpha value is -2.30. The summed E-state index contributed by atoms with van der Waals surface area (Å²) >= 11 is 0. The average molecular weight is 258 g/mol. The fraction of sp³-hybridized carbons (Fsp3) is 0.286. The zero-order chi connectivity index (χ0) is 14.0. The maximum absolute atomic E-state index is 12.1. The van der Waals surface area contributed by atoms with E-state index in [1.807, 2.05) is 26.8 Å². The van der Waals surface area contributed by atoms with Crippen molar-refractivity contribution in [3.8, 4) is 5.69 Å². The third-order valence-electron chi connectivity index (χ3n) is 2.84. The molecular formula is C14H18N4O. The quantitative estimate of drug-likeness (QED) is 0.825. The molecule has 0 fully saturated rings. The molecule has 0 unspecified atom stereocenters. The molecule has 0 bridgehead atoms. The predicted octanol–water partition coefficient (Wildman–Crippen LogP) is 1.82. The molecule has 1 heterocycles. The minimum absolute atomic E-state index is 0.120. The first-order chi connectivity index (χ1) is 9.02. The molecule has 1 amide bonds. The maximum atomic E-state index is 12.1. The fourth-order valence-corrected chi connectivity index (χ4v) is 2.04. The van der Waals surface area contributed by atoms with Gasteiger partial charge >= 0.3 is 0 Å². The van der Waals surface area contributed by atoms with Crippen LogP contribution in [0.1, 0.15) is 28.7 Å². The van der Waals surface area contributed by atoms with Gasteiger partial charge in [-0.25, -0.2) is 4.68 Å². The van der Waals surface area contributed by atoms with Gasteiger partial charge in [-0.05, 0) is 45.0 Å². The first-order valence-electron chi connectivity index (χ1n) is 6.24. The van der Waals surface area contributed by atoms with Gasteiger partial charge in [-0.1, -0.05) is 0 Å². The first kappa shape index (κ1) is 13.1. The van der Waals surface area contributed by atoms with Crippen LogP contribution in [-0.2, 0) is 0 Å². The van der Waals surface area contributed by atoms with Gasteiger partial charge in [0, 0.05) is 17.9 Å². The van der Waals surface area contributed by atoms with Crippen molar-refractivity contribution < 1.29 is 4.79 Å². The van der Waals surface area contributed by atoms with E-state index in [1.54, 1.807) is 22.9 Å². The van der Waals surface area contributed by atoms with Gasteiger partial charge in [0.25, 0.3) is 5.91 Å². The third kappa shape index (κ3) is 2.59. The van der Waals surface area contributed by atoms with E-state index in [1.165, 1.54) is 0 Å². The van der Waals surface area contributed by atoms with Gasteiger partial charge in [-0.3, -0.25) is 4.79 Å². The van der Waals surface area contributed by atoms with Gasteiger partial charge in [-0.15, -0.1) is 0 Å². The topological polar surface area (TPSA) is 72.9 Å². The Labute approximate surface area is 112 Å². The summed E-state index contributed by atoms with van der Waals surface area (Å²) in [6, 6.07) is 7.18. The Bertz CT molecular complexity index is 616. The molecule has 3 N–H and O–H groups in total. The molecule has 0 aliphatic heterocycles. The zero-order valence-electron chi connectivity index (χ0n) is 11.4. The van der Waals surface area contributed by atoms with Crippen molar-refractivity contribution in [2.24, 2.45) is 0 Å². The highest BCUT2D eigenvalue weighted by atomic mass is 16.1. The van der Waals surface area contributed by atoms with E-state index in [4.69, 9.17) is 5.73 Å². The summed E-state index contributed by atoms with van der Waals surface area (Å²) in [5.74, 6) is -0.120. The number of anilines is 1. The van der Waals surface area contributed by atoms with Crippen molar-refractivity contribution in [3.63, 3.8) is 0 Å². The monoisotopic (exact) mass is 258 g/mol. The van der Waals surface area contributed by atoms with Crippen molar-refractivity contribution in [3.05, 3.63) is 41.2 Å². The number of amides is 1. The van der Waals surface area contributed by atoms with Crippen LogP contribution in [0.15, 0.2) is 24.3 Å². The normalized spacial score (nSPS) is 10.5. The molecule has 0 spiro atoms.